The van der Waals surface area contributed by atoms with Gasteiger partial charge < -0.3 is 16.0 Å². The van der Waals surface area contributed by atoms with Crippen LogP contribution in [-0.2, 0) is 0 Å². The van der Waals surface area contributed by atoms with Crippen LogP contribution < -0.4 is 11.1 Å². The van der Waals surface area contributed by atoms with Crippen LogP contribution in [0.25, 0.3) is 10.9 Å². The third-order valence-electron chi connectivity index (χ3n) is 3.07. The third kappa shape index (κ3) is 2.96. The number of amides is 1. The maximum absolute atomic E-state index is 12.3. The van der Waals surface area contributed by atoms with Crippen molar-refractivity contribution in [3.63, 3.8) is 0 Å². The number of benzene rings is 2. The first kappa shape index (κ1) is 14.2. The smallest absolute Gasteiger partial charge is 0.272 e. The molecule has 1 heterocycles. The molecule has 106 valence electrons. The van der Waals surface area contributed by atoms with Crippen LogP contribution in [0.3, 0.4) is 0 Å². The number of anilines is 2. The maximum Gasteiger partial charge on any atom is 0.272 e. The van der Waals surface area contributed by atoms with Crippen molar-refractivity contribution in [3.05, 3.63) is 57.1 Å². The monoisotopic (exact) mass is 407 g/mol. The molecule has 1 amide bonds. The topological polar surface area (TPSA) is 70.9 Å². The van der Waals surface area contributed by atoms with Gasteiger partial charge in [-0.15, -0.1) is 0 Å². The summed E-state index contributed by atoms with van der Waals surface area (Å²) in [4.78, 5) is 15.4. The van der Waals surface area contributed by atoms with Crippen LogP contribution in [0.2, 0.25) is 0 Å². The van der Waals surface area contributed by atoms with Gasteiger partial charge in [-0.05, 0) is 58.4 Å². The molecule has 0 saturated carbocycles. The lowest BCUT2D eigenvalue weighted by atomic mass is 10.2. The number of hydrogen-bond acceptors (Lipinski definition) is 2. The van der Waals surface area contributed by atoms with Gasteiger partial charge in [0.25, 0.3) is 5.91 Å². The van der Waals surface area contributed by atoms with Crippen molar-refractivity contribution < 1.29 is 4.79 Å². The van der Waals surface area contributed by atoms with Crippen LogP contribution in [0.5, 0.6) is 0 Å². The third-order valence-corrected chi connectivity index (χ3v) is 4.25. The first-order valence-electron chi connectivity index (χ1n) is 6.17. The second-order valence-electron chi connectivity index (χ2n) is 4.61. The standard InChI is InChI=1S/C15H11Br2N3O/c16-9-1-3-11(17)13(7-9)20-15(21)14-6-8-5-10(18)2-4-12(8)19-14/h1-7,19H,18H2,(H,20,21). The van der Waals surface area contributed by atoms with Gasteiger partial charge in [-0.2, -0.15) is 0 Å². The molecule has 0 atom stereocenters. The Morgan fingerprint density at radius 2 is 1.90 bits per heavy atom. The van der Waals surface area contributed by atoms with Gasteiger partial charge in [-0.1, -0.05) is 15.9 Å². The van der Waals surface area contributed by atoms with Gasteiger partial charge in [0.15, 0.2) is 0 Å². The van der Waals surface area contributed by atoms with Gasteiger partial charge in [-0.3, -0.25) is 4.79 Å². The summed E-state index contributed by atoms with van der Waals surface area (Å²) in [5.74, 6) is -0.205. The summed E-state index contributed by atoms with van der Waals surface area (Å²) in [6, 6.07) is 12.9. The zero-order valence-corrected chi connectivity index (χ0v) is 14.0. The average Bonchev–Trinajstić information content (AvgIpc) is 2.86. The number of aromatic amines is 1. The lowest BCUT2D eigenvalue weighted by Gasteiger charge is -2.06. The number of hydrogen-bond donors (Lipinski definition) is 3. The maximum atomic E-state index is 12.3. The SMILES string of the molecule is Nc1ccc2[nH]c(C(=O)Nc3cc(Br)ccc3Br)cc2c1. The van der Waals surface area contributed by atoms with E-state index in [2.05, 4.69) is 42.2 Å². The number of nitrogens with two attached hydrogens (primary N) is 1. The van der Waals surface area contributed by atoms with Crippen molar-refractivity contribution in [1.82, 2.24) is 4.98 Å². The van der Waals surface area contributed by atoms with Crippen LogP contribution in [0.4, 0.5) is 11.4 Å². The van der Waals surface area contributed by atoms with Crippen molar-refractivity contribution in [3.8, 4) is 0 Å². The highest BCUT2D eigenvalue weighted by Crippen LogP contribution is 2.27. The minimum absolute atomic E-state index is 0.205. The Balaban J connectivity index is 1.91. The molecule has 0 aliphatic heterocycles. The van der Waals surface area contributed by atoms with Gasteiger partial charge >= 0.3 is 0 Å². The van der Waals surface area contributed by atoms with Crippen LogP contribution in [0.1, 0.15) is 10.5 Å². The van der Waals surface area contributed by atoms with Crippen LogP contribution in [-0.4, -0.2) is 10.9 Å². The molecule has 0 saturated heterocycles. The summed E-state index contributed by atoms with van der Waals surface area (Å²) in [5.41, 5.74) is 8.48. The summed E-state index contributed by atoms with van der Waals surface area (Å²) in [6.07, 6.45) is 0. The highest BCUT2D eigenvalue weighted by Gasteiger charge is 2.11. The van der Waals surface area contributed by atoms with Crippen LogP contribution >= 0.6 is 31.9 Å². The molecular formula is C15H11Br2N3O. The fourth-order valence-corrected chi connectivity index (χ4v) is 2.76. The first-order valence-corrected chi connectivity index (χ1v) is 7.76. The second-order valence-corrected chi connectivity index (χ2v) is 6.38. The molecule has 3 aromatic rings. The summed E-state index contributed by atoms with van der Waals surface area (Å²) in [7, 11) is 0. The fraction of sp³-hybridized carbons (Fsp3) is 0. The van der Waals surface area contributed by atoms with Crippen molar-refractivity contribution in [1.29, 1.82) is 0 Å². The molecule has 1 aromatic heterocycles. The van der Waals surface area contributed by atoms with E-state index in [4.69, 9.17) is 5.73 Å². The van der Waals surface area contributed by atoms with Crippen molar-refractivity contribution in [2.45, 2.75) is 0 Å². The summed E-state index contributed by atoms with van der Waals surface area (Å²) < 4.78 is 1.71. The van der Waals surface area contributed by atoms with Crippen molar-refractivity contribution in [2.24, 2.45) is 0 Å². The van der Waals surface area contributed by atoms with E-state index in [1.165, 1.54) is 0 Å². The van der Waals surface area contributed by atoms with Gasteiger partial charge in [0.1, 0.15) is 5.69 Å². The van der Waals surface area contributed by atoms with Gasteiger partial charge in [0, 0.05) is 25.5 Å². The fourth-order valence-electron chi connectivity index (χ4n) is 2.06. The predicted molar refractivity (Wildman–Crippen MR) is 92.5 cm³/mol. The zero-order valence-electron chi connectivity index (χ0n) is 10.8. The number of nitrogen functional groups attached to an aromatic ring is 1. The van der Waals surface area contributed by atoms with E-state index in [0.717, 1.165) is 19.8 Å². The number of halogens is 2. The van der Waals surface area contributed by atoms with Crippen LogP contribution in [0, 0.1) is 0 Å². The number of carbonyl (C=O) groups excluding carboxylic acids is 1. The summed E-state index contributed by atoms with van der Waals surface area (Å²) in [6.45, 7) is 0. The zero-order chi connectivity index (χ0) is 15.0. The molecule has 0 aliphatic carbocycles. The van der Waals surface area contributed by atoms with Gasteiger partial charge in [-0.25, -0.2) is 0 Å². The van der Waals surface area contributed by atoms with Gasteiger partial charge in [0.05, 0.1) is 5.69 Å². The number of H-pyrrole nitrogens is 1. The highest BCUT2D eigenvalue weighted by atomic mass is 79.9. The highest BCUT2D eigenvalue weighted by molar-refractivity contribution is 9.11. The normalized spacial score (nSPS) is 10.8. The minimum Gasteiger partial charge on any atom is -0.399 e. The van der Waals surface area contributed by atoms with E-state index < -0.39 is 0 Å². The number of carbonyl (C=O) groups is 1. The molecule has 6 heteroatoms. The Labute approximate surface area is 138 Å². The molecule has 0 aliphatic rings. The Morgan fingerprint density at radius 3 is 2.71 bits per heavy atom. The number of rotatable bonds is 2. The predicted octanol–water partition coefficient (Wildman–Crippen LogP) is 4.53. The Bertz CT molecular complexity index is 842. The summed E-state index contributed by atoms with van der Waals surface area (Å²) >= 11 is 6.80. The van der Waals surface area contributed by atoms with E-state index >= 15 is 0 Å². The molecule has 0 bridgehead atoms. The molecule has 0 radical (unpaired) electrons. The van der Waals surface area contributed by atoms with Crippen molar-refractivity contribution >= 4 is 60.0 Å². The largest absolute Gasteiger partial charge is 0.399 e. The molecule has 3 rings (SSSR count). The van der Waals surface area contributed by atoms with E-state index in [1.54, 1.807) is 12.1 Å². The molecular weight excluding hydrogens is 398 g/mol. The lowest BCUT2D eigenvalue weighted by Crippen LogP contribution is -2.12. The van der Waals surface area contributed by atoms with E-state index in [9.17, 15) is 4.79 Å². The quantitative estimate of drug-likeness (QED) is 0.545. The molecule has 21 heavy (non-hydrogen) atoms. The average molecular weight is 409 g/mol. The number of aromatic nitrogens is 1. The lowest BCUT2D eigenvalue weighted by molar-refractivity contribution is 0.102. The summed E-state index contributed by atoms with van der Waals surface area (Å²) in [5, 5.41) is 3.78. The molecule has 0 fully saturated rings. The Hall–Kier alpha value is -1.79. The number of fused-ring (bicyclic) bond motifs is 1. The minimum atomic E-state index is -0.205. The molecule has 2 aromatic carbocycles. The molecule has 0 unspecified atom stereocenters. The molecule has 0 spiro atoms. The van der Waals surface area contributed by atoms with Gasteiger partial charge in [0.2, 0.25) is 0 Å². The van der Waals surface area contributed by atoms with Crippen LogP contribution in [0.15, 0.2) is 51.4 Å². The van der Waals surface area contributed by atoms with Crippen molar-refractivity contribution in [2.75, 3.05) is 11.1 Å². The van der Waals surface area contributed by atoms with E-state index in [0.29, 0.717) is 17.1 Å². The molecule has 4 nitrogen and oxygen atoms in total. The number of nitrogens with one attached hydrogen (secondary N) is 2. The van der Waals surface area contributed by atoms with E-state index in [1.807, 2.05) is 30.3 Å². The Kier molecular flexibility index (Phi) is 3.73. The Morgan fingerprint density at radius 1 is 1.10 bits per heavy atom. The van der Waals surface area contributed by atoms with E-state index in [-0.39, 0.29) is 5.91 Å². The molecule has 4 N–H and O–H groups in total. The second kappa shape index (κ2) is 5.54. The first-order chi connectivity index (χ1) is 10.0.